The summed E-state index contributed by atoms with van der Waals surface area (Å²) in [7, 11) is 0. The second kappa shape index (κ2) is 7.47. The minimum Gasteiger partial charge on any atom is -0.380 e. The first kappa shape index (κ1) is 17.7. The molecule has 0 unspecified atom stereocenters. The van der Waals surface area contributed by atoms with Crippen LogP contribution < -0.4 is 10.2 Å². The molecular formula is C23H28N4. The van der Waals surface area contributed by atoms with Crippen molar-refractivity contribution < 1.29 is 0 Å². The van der Waals surface area contributed by atoms with Crippen molar-refractivity contribution >= 4 is 17.0 Å². The van der Waals surface area contributed by atoms with Crippen LogP contribution in [0.2, 0.25) is 0 Å². The highest BCUT2D eigenvalue weighted by atomic mass is 15.1. The molecule has 3 aromatic rings. The summed E-state index contributed by atoms with van der Waals surface area (Å²) >= 11 is 0. The van der Waals surface area contributed by atoms with E-state index in [1.54, 1.807) is 0 Å². The maximum Gasteiger partial charge on any atom is 0.137 e. The van der Waals surface area contributed by atoms with Crippen LogP contribution in [0.5, 0.6) is 0 Å². The van der Waals surface area contributed by atoms with Crippen LogP contribution in [0.1, 0.15) is 42.3 Å². The summed E-state index contributed by atoms with van der Waals surface area (Å²) in [5, 5.41) is 3.51. The predicted molar refractivity (Wildman–Crippen MR) is 113 cm³/mol. The summed E-state index contributed by atoms with van der Waals surface area (Å²) in [4.78, 5) is 7.22. The minimum absolute atomic E-state index is 0.765. The lowest BCUT2D eigenvalue weighted by molar-refractivity contribution is 0.874. The van der Waals surface area contributed by atoms with Gasteiger partial charge in [0.25, 0.3) is 0 Å². The molecule has 1 fully saturated rings. The fraction of sp³-hybridized carbons (Fsp3) is 0.348. The number of hydrogen-bond donors (Lipinski definition) is 1. The Balaban J connectivity index is 1.49. The lowest BCUT2D eigenvalue weighted by Crippen LogP contribution is -2.17. The first-order valence-electron chi connectivity index (χ1n) is 9.90. The Kier molecular flexibility index (Phi) is 4.88. The number of aromatic nitrogens is 2. The molecule has 0 saturated carbocycles. The second-order valence-corrected chi connectivity index (χ2v) is 7.39. The lowest BCUT2D eigenvalue weighted by Gasteiger charge is -2.18. The lowest BCUT2D eigenvalue weighted by atomic mass is 10.1. The van der Waals surface area contributed by atoms with Crippen LogP contribution in [0.4, 0.5) is 5.69 Å². The van der Waals surface area contributed by atoms with Crippen LogP contribution in [0.15, 0.2) is 49.2 Å². The number of aryl methyl sites for hydroxylation is 2. The second-order valence-electron chi connectivity index (χ2n) is 7.39. The molecule has 1 aliphatic rings. The van der Waals surface area contributed by atoms with Crippen molar-refractivity contribution in [2.45, 2.75) is 39.7 Å². The third-order valence-corrected chi connectivity index (χ3v) is 5.37. The predicted octanol–water partition coefficient (Wildman–Crippen LogP) is 4.57. The van der Waals surface area contributed by atoms with Crippen molar-refractivity contribution in [3.8, 4) is 0 Å². The molecule has 140 valence electrons. The van der Waals surface area contributed by atoms with Crippen LogP contribution in [-0.2, 0) is 13.0 Å². The van der Waals surface area contributed by atoms with Gasteiger partial charge in [0.05, 0.1) is 17.1 Å². The van der Waals surface area contributed by atoms with Gasteiger partial charge in [0.15, 0.2) is 0 Å². The Morgan fingerprint density at radius 3 is 2.56 bits per heavy atom. The zero-order valence-corrected chi connectivity index (χ0v) is 16.3. The SMILES string of the molecule is C=C(NCc1ccc(N2CCCC2)cc1)c1c(CC)nc2ccc(C)cn12. The molecule has 4 rings (SSSR count). The molecule has 0 atom stereocenters. The Morgan fingerprint density at radius 2 is 1.85 bits per heavy atom. The molecule has 1 N–H and O–H groups in total. The molecule has 0 radical (unpaired) electrons. The Labute approximate surface area is 161 Å². The normalized spacial score (nSPS) is 14.1. The smallest absolute Gasteiger partial charge is 0.137 e. The van der Waals surface area contributed by atoms with E-state index in [0.29, 0.717) is 0 Å². The average molecular weight is 361 g/mol. The van der Waals surface area contributed by atoms with Crippen molar-refractivity contribution in [2.24, 2.45) is 0 Å². The largest absolute Gasteiger partial charge is 0.380 e. The Morgan fingerprint density at radius 1 is 1.11 bits per heavy atom. The number of hydrogen-bond acceptors (Lipinski definition) is 3. The molecule has 4 heteroatoms. The fourth-order valence-electron chi connectivity index (χ4n) is 3.86. The highest BCUT2D eigenvalue weighted by molar-refractivity contribution is 5.65. The van der Waals surface area contributed by atoms with Crippen molar-refractivity contribution in [3.63, 3.8) is 0 Å². The minimum atomic E-state index is 0.765. The van der Waals surface area contributed by atoms with Gasteiger partial charge < -0.3 is 10.2 Å². The molecule has 0 spiro atoms. The Bertz CT molecular complexity index is 946. The third-order valence-electron chi connectivity index (χ3n) is 5.37. The van der Waals surface area contributed by atoms with Gasteiger partial charge in [-0.3, -0.25) is 4.40 Å². The average Bonchev–Trinajstić information content (AvgIpc) is 3.34. The molecule has 0 aliphatic carbocycles. The van der Waals surface area contributed by atoms with E-state index in [2.05, 4.69) is 77.6 Å². The van der Waals surface area contributed by atoms with Gasteiger partial charge >= 0.3 is 0 Å². The molecule has 4 nitrogen and oxygen atoms in total. The van der Waals surface area contributed by atoms with Crippen molar-refractivity contribution in [1.82, 2.24) is 14.7 Å². The standard InChI is InChI=1S/C23H28N4/c1-4-21-23(27-16-17(2)7-12-22(27)25-21)18(3)24-15-19-8-10-20(11-9-19)26-13-5-6-14-26/h7-12,16,24H,3-6,13-15H2,1-2H3. The van der Waals surface area contributed by atoms with Gasteiger partial charge in [0, 0.05) is 31.5 Å². The first-order valence-corrected chi connectivity index (χ1v) is 9.90. The fourth-order valence-corrected chi connectivity index (χ4v) is 3.86. The van der Waals surface area contributed by atoms with E-state index >= 15 is 0 Å². The van der Waals surface area contributed by atoms with Gasteiger partial charge in [-0.1, -0.05) is 31.7 Å². The van der Waals surface area contributed by atoms with E-state index in [-0.39, 0.29) is 0 Å². The van der Waals surface area contributed by atoms with Crippen LogP contribution in [0.25, 0.3) is 11.3 Å². The van der Waals surface area contributed by atoms with E-state index in [1.165, 1.54) is 42.7 Å². The number of pyridine rings is 1. The van der Waals surface area contributed by atoms with Gasteiger partial charge in [0.2, 0.25) is 0 Å². The number of anilines is 1. The molecule has 1 aromatic carbocycles. The number of fused-ring (bicyclic) bond motifs is 1. The van der Waals surface area contributed by atoms with E-state index in [9.17, 15) is 0 Å². The van der Waals surface area contributed by atoms with Crippen molar-refractivity contribution in [1.29, 1.82) is 0 Å². The molecule has 27 heavy (non-hydrogen) atoms. The summed E-state index contributed by atoms with van der Waals surface area (Å²) in [6.45, 7) is 11.7. The monoisotopic (exact) mass is 360 g/mol. The highest BCUT2D eigenvalue weighted by Crippen LogP contribution is 2.22. The van der Waals surface area contributed by atoms with E-state index < -0.39 is 0 Å². The van der Waals surface area contributed by atoms with E-state index in [4.69, 9.17) is 4.98 Å². The summed E-state index contributed by atoms with van der Waals surface area (Å²) in [6.07, 6.45) is 5.64. The number of imidazole rings is 1. The highest BCUT2D eigenvalue weighted by Gasteiger charge is 2.14. The number of benzene rings is 1. The maximum absolute atomic E-state index is 4.76. The van der Waals surface area contributed by atoms with Crippen LogP contribution in [0.3, 0.4) is 0 Å². The Hall–Kier alpha value is -2.75. The van der Waals surface area contributed by atoms with E-state index in [1.807, 2.05) is 0 Å². The van der Waals surface area contributed by atoms with Gasteiger partial charge in [-0.25, -0.2) is 4.98 Å². The number of nitrogens with zero attached hydrogens (tertiary/aromatic N) is 3. The first-order chi connectivity index (χ1) is 13.2. The summed E-state index contributed by atoms with van der Waals surface area (Å²) in [5.74, 6) is 0. The molecule has 2 aromatic heterocycles. The molecule has 3 heterocycles. The molecule has 1 aliphatic heterocycles. The van der Waals surface area contributed by atoms with Crippen LogP contribution in [0, 0.1) is 6.92 Å². The summed E-state index contributed by atoms with van der Waals surface area (Å²) in [5.41, 5.74) is 7.89. The molecule has 0 bridgehead atoms. The topological polar surface area (TPSA) is 32.6 Å². The zero-order chi connectivity index (χ0) is 18.8. The van der Waals surface area contributed by atoms with Gasteiger partial charge in [0.1, 0.15) is 5.65 Å². The summed E-state index contributed by atoms with van der Waals surface area (Å²) < 4.78 is 2.15. The van der Waals surface area contributed by atoms with Crippen LogP contribution >= 0.6 is 0 Å². The molecule has 0 amide bonds. The van der Waals surface area contributed by atoms with Crippen molar-refractivity contribution in [3.05, 3.63) is 71.7 Å². The molecule has 1 saturated heterocycles. The van der Waals surface area contributed by atoms with E-state index in [0.717, 1.165) is 35.7 Å². The summed E-state index contributed by atoms with van der Waals surface area (Å²) in [6, 6.07) is 13.1. The van der Waals surface area contributed by atoms with Gasteiger partial charge in [-0.2, -0.15) is 0 Å². The maximum atomic E-state index is 4.76. The van der Waals surface area contributed by atoms with Gasteiger partial charge in [-0.15, -0.1) is 0 Å². The quantitative estimate of drug-likeness (QED) is 0.699. The van der Waals surface area contributed by atoms with Crippen molar-refractivity contribution in [2.75, 3.05) is 18.0 Å². The number of rotatable bonds is 6. The number of nitrogens with one attached hydrogen (secondary N) is 1. The van der Waals surface area contributed by atoms with Crippen LogP contribution in [-0.4, -0.2) is 22.5 Å². The zero-order valence-electron chi connectivity index (χ0n) is 16.3. The third kappa shape index (κ3) is 3.57. The van der Waals surface area contributed by atoms with Gasteiger partial charge in [-0.05, 0) is 55.5 Å². The molecular weight excluding hydrogens is 332 g/mol.